The molecule has 6 nitrogen and oxygen atoms in total. The average molecular weight is 349 g/mol. The first-order valence-corrected chi connectivity index (χ1v) is 8.30. The Balaban J connectivity index is 1.90. The number of ether oxygens (including phenoxy) is 2. The third-order valence-electron chi connectivity index (χ3n) is 4.31. The number of hydrogen-bond acceptors (Lipinski definition) is 6. The number of hydrazine groups is 1. The zero-order valence-electron chi connectivity index (χ0n) is 15.4. The van der Waals surface area contributed by atoms with Crippen molar-refractivity contribution in [3.05, 3.63) is 0 Å². The highest BCUT2D eigenvalue weighted by molar-refractivity contribution is 5.78. The van der Waals surface area contributed by atoms with Crippen LogP contribution in [0.15, 0.2) is 0 Å². The van der Waals surface area contributed by atoms with E-state index < -0.39 is 29.1 Å². The largest absolute Gasteiger partial charge is 0.458 e. The molecule has 1 N–H and O–H groups in total. The molecule has 8 heteroatoms. The Morgan fingerprint density at radius 1 is 1.29 bits per heavy atom. The summed E-state index contributed by atoms with van der Waals surface area (Å²) in [6, 6.07) is -1.11. The molecule has 0 saturated carbocycles. The molecular formula is C16H29F2N3O3. The molecule has 2 heterocycles. The SMILES string of the molecule is CN1C[C@@H]2NCC(F)(F)[C@@H]2N1CCOC(C)(C)C(=O)OC(C)(C)C. The van der Waals surface area contributed by atoms with E-state index in [9.17, 15) is 13.6 Å². The van der Waals surface area contributed by atoms with E-state index in [0.717, 1.165) is 0 Å². The van der Waals surface area contributed by atoms with E-state index in [1.807, 2.05) is 0 Å². The molecular weight excluding hydrogens is 320 g/mol. The maximum absolute atomic E-state index is 14.1. The summed E-state index contributed by atoms with van der Waals surface area (Å²) in [5, 5.41) is 6.30. The lowest BCUT2D eigenvalue weighted by Crippen LogP contribution is -2.50. The molecule has 2 rings (SSSR count). The van der Waals surface area contributed by atoms with E-state index in [1.165, 1.54) is 0 Å². The molecule has 2 aliphatic rings. The fourth-order valence-corrected chi connectivity index (χ4v) is 3.13. The molecule has 0 aromatic carbocycles. The molecule has 0 aromatic heterocycles. The topological polar surface area (TPSA) is 54.0 Å². The first-order chi connectivity index (χ1) is 10.8. The lowest BCUT2D eigenvalue weighted by atomic mass is 10.1. The lowest BCUT2D eigenvalue weighted by molar-refractivity contribution is -0.182. The van der Waals surface area contributed by atoms with Crippen molar-refractivity contribution in [3.8, 4) is 0 Å². The number of halogens is 2. The van der Waals surface area contributed by atoms with E-state index in [-0.39, 0.29) is 19.2 Å². The zero-order chi connectivity index (χ0) is 18.3. The summed E-state index contributed by atoms with van der Waals surface area (Å²) in [5.41, 5.74) is -1.72. The number of rotatable bonds is 5. The Labute approximate surface area is 142 Å². The second kappa shape index (κ2) is 6.48. The minimum absolute atomic E-state index is 0.163. The van der Waals surface area contributed by atoms with Gasteiger partial charge in [-0.05, 0) is 34.6 Å². The van der Waals surface area contributed by atoms with Gasteiger partial charge < -0.3 is 14.8 Å². The van der Waals surface area contributed by atoms with Crippen LogP contribution in [0.3, 0.4) is 0 Å². The summed E-state index contributed by atoms with van der Waals surface area (Å²) in [4.78, 5) is 12.2. The number of nitrogens with zero attached hydrogens (tertiary/aromatic N) is 2. The monoisotopic (exact) mass is 349 g/mol. The first-order valence-electron chi connectivity index (χ1n) is 8.30. The molecule has 0 aliphatic carbocycles. The summed E-state index contributed by atoms with van der Waals surface area (Å²) in [6.07, 6.45) is 0. The maximum Gasteiger partial charge on any atom is 0.338 e. The molecule has 2 aliphatic heterocycles. The average Bonchev–Trinajstić information content (AvgIpc) is 2.86. The summed E-state index contributed by atoms with van der Waals surface area (Å²) < 4.78 is 39.1. The van der Waals surface area contributed by atoms with Gasteiger partial charge in [0.25, 0.3) is 5.92 Å². The number of hydrogen-bond donors (Lipinski definition) is 1. The predicted octanol–water partition coefficient (Wildman–Crippen LogP) is 1.26. The smallest absolute Gasteiger partial charge is 0.338 e. The molecule has 0 unspecified atom stereocenters. The number of carbonyl (C=O) groups excluding carboxylic acids is 1. The van der Waals surface area contributed by atoms with Crippen LogP contribution >= 0.6 is 0 Å². The Hall–Kier alpha value is -0.830. The standard InChI is InChI=1S/C16H29F2N3O3/c1-14(2,3)24-13(22)15(4,5)23-8-7-21-12-11(9-20(21)6)19-10-16(12,17)18/h11-12,19H,7-10H2,1-6H3/t11-,12+/m0/s1. The summed E-state index contributed by atoms with van der Waals surface area (Å²) in [5.74, 6) is -3.23. The van der Waals surface area contributed by atoms with Gasteiger partial charge in [0.1, 0.15) is 11.6 Å². The van der Waals surface area contributed by atoms with E-state index in [1.54, 1.807) is 51.7 Å². The number of alkyl halides is 2. The van der Waals surface area contributed by atoms with Crippen LogP contribution in [0.2, 0.25) is 0 Å². The number of nitrogens with one attached hydrogen (secondary N) is 1. The van der Waals surface area contributed by atoms with Crippen LogP contribution in [0, 0.1) is 0 Å². The number of likely N-dealkylation sites (N-methyl/N-ethyl adjacent to an activating group) is 1. The van der Waals surface area contributed by atoms with Crippen molar-refractivity contribution < 1.29 is 23.0 Å². The molecule has 24 heavy (non-hydrogen) atoms. The van der Waals surface area contributed by atoms with Crippen LogP contribution in [0.5, 0.6) is 0 Å². The quantitative estimate of drug-likeness (QED) is 0.755. The van der Waals surface area contributed by atoms with Gasteiger partial charge in [0.15, 0.2) is 5.60 Å². The van der Waals surface area contributed by atoms with Gasteiger partial charge in [-0.15, -0.1) is 0 Å². The van der Waals surface area contributed by atoms with Crippen LogP contribution < -0.4 is 5.32 Å². The number of carbonyl (C=O) groups is 1. The highest BCUT2D eigenvalue weighted by Gasteiger charge is 2.57. The van der Waals surface area contributed by atoms with Gasteiger partial charge >= 0.3 is 5.97 Å². The molecule has 0 spiro atoms. The second-order valence-corrected chi connectivity index (χ2v) is 8.06. The van der Waals surface area contributed by atoms with Gasteiger partial charge in [0.2, 0.25) is 0 Å². The van der Waals surface area contributed by atoms with Gasteiger partial charge in [-0.3, -0.25) is 0 Å². The number of fused-ring (bicyclic) bond motifs is 1. The lowest BCUT2D eigenvalue weighted by Gasteiger charge is -2.33. The molecule has 0 bridgehead atoms. The summed E-state index contributed by atoms with van der Waals surface area (Å²) in [6.45, 7) is 9.32. The van der Waals surface area contributed by atoms with Crippen LogP contribution in [0.25, 0.3) is 0 Å². The highest BCUT2D eigenvalue weighted by Crippen LogP contribution is 2.35. The Morgan fingerprint density at radius 3 is 2.50 bits per heavy atom. The molecule has 0 amide bonds. The second-order valence-electron chi connectivity index (χ2n) is 8.06. The molecule has 2 atom stereocenters. The Bertz CT molecular complexity index is 480. The van der Waals surface area contributed by atoms with Crippen LogP contribution in [-0.2, 0) is 14.3 Å². The van der Waals surface area contributed by atoms with E-state index in [4.69, 9.17) is 9.47 Å². The minimum atomic E-state index is -2.77. The van der Waals surface area contributed by atoms with Crippen molar-refractivity contribution in [2.45, 2.75) is 63.8 Å². The molecule has 2 saturated heterocycles. The van der Waals surface area contributed by atoms with E-state index >= 15 is 0 Å². The third-order valence-corrected chi connectivity index (χ3v) is 4.31. The normalized spacial score (nSPS) is 28.2. The van der Waals surface area contributed by atoms with Gasteiger partial charge in [0.05, 0.1) is 13.2 Å². The third kappa shape index (κ3) is 4.22. The maximum atomic E-state index is 14.1. The van der Waals surface area contributed by atoms with Crippen molar-refractivity contribution in [3.63, 3.8) is 0 Å². The molecule has 2 fully saturated rings. The highest BCUT2D eigenvalue weighted by atomic mass is 19.3. The summed E-state index contributed by atoms with van der Waals surface area (Å²) >= 11 is 0. The Morgan fingerprint density at radius 2 is 1.92 bits per heavy atom. The van der Waals surface area contributed by atoms with Crippen molar-refractivity contribution in [1.29, 1.82) is 0 Å². The van der Waals surface area contributed by atoms with Crippen molar-refractivity contribution in [2.75, 3.05) is 33.3 Å². The fourth-order valence-electron chi connectivity index (χ4n) is 3.13. The van der Waals surface area contributed by atoms with Crippen LogP contribution in [-0.4, -0.2) is 78.5 Å². The molecule has 140 valence electrons. The zero-order valence-corrected chi connectivity index (χ0v) is 15.4. The first kappa shape index (κ1) is 19.5. The predicted molar refractivity (Wildman–Crippen MR) is 85.7 cm³/mol. The van der Waals surface area contributed by atoms with E-state index in [0.29, 0.717) is 13.1 Å². The van der Waals surface area contributed by atoms with E-state index in [2.05, 4.69) is 5.32 Å². The van der Waals surface area contributed by atoms with Gasteiger partial charge in [0, 0.05) is 26.2 Å². The summed E-state index contributed by atoms with van der Waals surface area (Å²) in [7, 11) is 1.79. The van der Waals surface area contributed by atoms with Gasteiger partial charge in [-0.1, -0.05) is 0 Å². The van der Waals surface area contributed by atoms with Crippen molar-refractivity contribution in [2.24, 2.45) is 0 Å². The van der Waals surface area contributed by atoms with Crippen molar-refractivity contribution >= 4 is 5.97 Å². The molecule has 0 aromatic rings. The van der Waals surface area contributed by atoms with Crippen LogP contribution in [0.1, 0.15) is 34.6 Å². The van der Waals surface area contributed by atoms with Gasteiger partial charge in [-0.2, -0.15) is 0 Å². The van der Waals surface area contributed by atoms with Gasteiger partial charge in [-0.25, -0.2) is 23.6 Å². The Kier molecular flexibility index (Phi) is 5.26. The molecule has 0 radical (unpaired) electrons. The van der Waals surface area contributed by atoms with Crippen molar-refractivity contribution in [1.82, 2.24) is 15.3 Å². The van der Waals surface area contributed by atoms with Crippen LogP contribution in [0.4, 0.5) is 8.78 Å². The fraction of sp³-hybridized carbons (Fsp3) is 0.938. The minimum Gasteiger partial charge on any atom is -0.458 e. The number of esters is 1.